The molecule has 1 aromatic rings. The summed E-state index contributed by atoms with van der Waals surface area (Å²) in [4.78, 5) is 19.7. The Bertz CT molecular complexity index is 309. The second-order valence-electron chi connectivity index (χ2n) is 4.52. The van der Waals surface area contributed by atoms with Gasteiger partial charge in [-0.25, -0.2) is 9.97 Å². The Balaban J connectivity index is 2.17. The predicted octanol–water partition coefficient (Wildman–Crippen LogP) is 2.80. The van der Waals surface area contributed by atoms with E-state index in [-0.39, 0.29) is 5.78 Å². The zero-order chi connectivity index (χ0) is 11.8. The highest BCUT2D eigenvalue weighted by molar-refractivity contribution is 5.79. The quantitative estimate of drug-likeness (QED) is 0.664. The molecule has 0 atom stereocenters. The van der Waals surface area contributed by atoms with Gasteiger partial charge in [-0.3, -0.25) is 4.79 Å². The molecule has 0 fully saturated rings. The fraction of sp³-hybridized carbons (Fsp3) is 0.615. The molecule has 0 unspecified atom stereocenters. The third-order valence-electron chi connectivity index (χ3n) is 2.46. The van der Waals surface area contributed by atoms with Crippen molar-refractivity contribution < 1.29 is 4.79 Å². The Kier molecular flexibility index (Phi) is 5.68. The van der Waals surface area contributed by atoms with Crippen molar-refractivity contribution in [2.24, 2.45) is 5.92 Å². The molecule has 0 bridgehead atoms. The third-order valence-corrected chi connectivity index (χ3v) is 2.46. The Hall–Kier alpha value is -1.25. The normalized spacial score (nSPS) is 10.7. The summed E-state index contributed by atoms with van der Waals surface area (Å²) in [5.74, 6) is 1.61. The van der Waals surface area contributed by atoms with E-state index in [4.69, 9.17) is 0 Å². The van der Waals surface area contributed by atoms with Crippen LogP contribution in [-0.4, -0.2) is 15.8 Å². The van der Waals surface area contributed by atoms with Crippen LogP contribution in [0, 0.1) is 5.92 Å². The number of nitrogens with zero attached hydrogens (tertiary/aromatic N) is 2. The Labute approximate surface area is 97.3 Å². The van der Waals surface area contributed by atoms with Crippen LogP contribution in [0.3, 0.4) is 0 Å². The molecule has 88 valence electrons. The van der Waals surface area contributed by atoms with Crippen LogP contribution in [0.2, 0.25) is 0 Å². The van der Waals surface area contributed by atoms with Gasteiger partial charge in [0.25, 0.3) is 0 Å². The lowest BCUT2D eigenvalue weighted by Crippen LogP contribution is -2.05. The Morgan fingerprint density at radius 2 is 1.94 bits per heavy atom. The summed E-state index contributed by atoms with van der Waals surface area (Å²) in [6, 6.07) is 1.76. The molecular formula is C13H20N2O. The molecule has 3 nitrogen and oxygen atoms in total. The maximum absolute atomic E-state index is 11.6. The molecule has 0 amide bonds. The van der Waals surface area contributed by atoms with Crippen LogP contribution in [0.1, 0.15) is 45.4 Å². The van der Waals surface area contributed by atoms with E-state index in [1.165, 1.54) is 6.42 Å². The van der Waals surface area contributed by atoms with Crippen LogP contribution in [0.5, 0.6) is 0 Å². The number of hydrogen-bond acceptors (Lipinski definition) is 3. The second kappa shape index (κ2) is 7.09. The van der Waals surface area contributed by atoms with Gasteiger partial charge in [0.15, 0.2) is 0 Å². The summed E-state index contributed by atoms with van der Waals surface area (Å²) >= 11 is 0. The molecule has 0 aliphatic carbocycles. The number of unbranched alkanes of at least 4 members (excludes halogenated alkanes) is 1. The van der Waals surface area contributed by atoms with E-state index in [1.807, 2.05) is 0 Å². The number of carbonyl (C=O) groups excluding carboxylic acids is 1. The van der Waals surface area contributed by atoms with Crippen molar-refractivity contribution in [1.82, 2.24) is 9.97 Å². The summed E-state index contributed by atoms with van der Waals surface area (Å²) in [7, 11) is 0. The molecule has 16 heavy (non-hydrogen) atoms. The average molecular weight is 220 g/mol. The first kappa shape index (κ1) is 12.8. The van der Waals surface area contributed by atoms with Gasteiger partial charge >= 0.3 is 0 Å². The van der Waals surface area contributed by atoms with Crippen molar-refractivity contribution in [3.05, 3.63) is 24.3 Å². The van der Waals surface area contributed by atoms with Crippen molar-refractivity contribution in [2.45, 2.75) is 46.0 Å². The molecule has 0 aliphatic heterocycles. The number of hydrogen-bond donors (Lipinski definition) is 0. The molecule has 3 heteroatoms. The van der Waals surface area contributed by atoms with Crippen LogP contribution < -0.4 is 0 Å². The monoisotopic (exact) mass is 220 g/mol. The van der Waals surface area contributed by atoms with Gasteiger partial charge in [-0.1, -0.05) is 26.7 Å². The largest absolute Gasteiger partial charge is 0.299 e. The summed E-state index contributed by atoms with van der Waals surface area (Å²) in [6.07, 6.45) is 7.72. The standard InChI is InChI=1S/C13H20N2O/c1-11(2)6-3-4-7-12(16)10-13-14-8-5-9-15-13/h5,8-9,11H,3-4,6-7,10H2,1-2H3. The number of carbonyl (C=O) groups is 1. The minimum atomic E-state index is 0.245. The van der Waals surface area contributed by atoms with Crippen LogP contribution >= 0.6 is 0 Å². The fourth-order valence-corrected chi connectivity index (χ4v) is 1.56. The molecule has 0 spiro atoms. The number of aromatic nitrogens is 2. The molecule has 0 aromatic carbocycles. The molecule has 1 aromatic heterocycles. The van der Waals surface area contributed by atoms with Crippen molar-refractivity contribution in [1.29, 1.82) is 0 Å². The highest BCUT2D eigenvalue weighted by Gasteiger charge is 2.05. The molecule has 1 heterocycles. The minimum absolute atomic E-state index is 0.245. The van der Waals surface area contributed by atoms with E-state index in [0.29, 0.717) is 18.7 Å². The lowest BCUT2D eigenvalue weighted by molar-refractivity contribution is -0.118. The Morgan fingerprint density at radius 1 is 1.25 bits per heavy atom. The van der Waals surface area contributed by atoms with Crippen LogP contribution in [-0.2, 0) is 11.2 Å². The van der Waals surface area contributed by atoms with Gasteiger partial charge in [-0.15, -0.1) is 0 Å². The summed E-state index contributed by atoms with van der Waals surface area (Å²) < 4.78 is 0. The van der Waals surface area contributed by atoms with Crippen molar-refractivity contribution in [3.63, 3.8) is 0 Å². The maximum atomic E-state index is 11.6. The summed E-state index contributed by atoms with van der Waals surface area (Å²) in [6.45, 7) is 4.42. The SMILES string of the molecule is CC(C)CCCCC(=O)Cc1ncccn1. The molecule has 0 radical (unpaired) electrons. The minimum Gasteiger partial charge on any atom is -0.299 e. The summed E-state index contributed by atoms with van der Waals surface area (Å²) in [5.41, 5.74) is 0. The highest BCUT2D eigenvalue weighted by Crippen LogP contribution is 2.09. The smallest absolute Gasteiger partial charge is 0.140 e. The number of Topliss-reactive ketones (excluding diaryl/α,β-unsaturated/α-hetero) is 1. The molecule has 0 N–H and O–H groups in total. The number of ketones is 1. The molecule has 0 aliphatic rings. The van der Waals surface area contributed by atoms with Gasteiger partial charge in [-0.05, 0) is 18.4 Å². The molecule has 0 saturated carbocycles. The van der Waals surface area contributed by atoms with Crippen LogP contribution in [0.25, 0.3) is 0 Å². The first-order valence-corrected chi connectivity index (χ1v) is 5.96. The van der Waals surface area contributed by atoms with E-state index in [9.17, 15) is 4.79 Å². The number of rotatable bonds is 7. The summed E-state index contributed by atoms with van der Waals surface area (Å²) in [5, 5.41) is 0. The molecule has 1 rings (SSSR count). The van der Waals surface area contributed by atoms with Gasteiger partial charge in [0, 0.05) is 18.8 Å². The average Bonchev–Trinajstić information content (AvgIpc) is 2.25. The first-order chi connectivity index (χ1) is 7.68. The van der Waals surface area contributed by atoms with Gasteiger partial charge in [0.05, 0.1) is 6.42 Å². The predicted molar refractivity (Wildman–Crippen MR) is 64.0 cm³/mol. The second-order valence-corrected chi connectivity index (χ2v) is 4.52. The van der Waals surface area contributed by atoms with Crippen LogP contribution in [0.15, 0.2) is 18.5 Å². The van der Waals surface area contributed by atoms with Gasteiger partial charge in [0.2, 0.25) is 0 Å². The first-order valence-electron chi connectivity index (χ1n) is 5.96. The lowest BCUT2D eigenvalue weighted by Gasteiger charge is -2.03. The molecular weight excluding hydrogens is 200 g/mol. The fourth-order valence-electron chi connectivity index (χ4n) is 1.56. The Morgan fingerprint density at radius 3 is 2.56 bits per heavy atom. The van der Waals surface area contributed by atoms with E-state index < -0.39 is 0 Å². The van der Waals surface area contributed by atoms with Crippen molar-refractivity contribution in [2.75, 3.05) is 0 Å². The van der Waals surface area contributed by atoms with Gasteiger partial charge in [-0.2, -0.15) is 0 Å². The van der Waals surface area contributed by atoms with E-state index in [2.05, 4.69) is 23.8 Å². The zero-order valence-corrected chi connectivity index (χ0v) is 10.1. The third kappa shape index (κ3) is 5.59. The van der Waals surface area contributed by atoms with Crippen molar-refractivity contribution >= 4 is 5.78 Å². The van der Waals surface area contributed by atoms with Crippen LogP contribution in [0.4, 0.5) is 0 Å². The van der Waals surface area contributed by atoms with Gasteiger partial charge < -0.3 is 0 Å². The maximum Gasteiger partial charge on any atom is 0.140 e. The van der Waals surface area contributed by atoms with Gasteiger partial charge in [0.1, 0.15) is 11.6 Å². The highest BCUT2D eigenvalue weighted by atomic mass is 16.1. The lowest BCUT2D eigenvalue weighted by atomic mass is 10.0. The van der Waals surface area contributed by atoms with E-state index in [1.54, 1.807) is 18.5 Å². The van der Waals surface area contributed by atoms with E-state index >= 15 is 0 Å². The van der Waals surface area contributed by atoms with E-state index in [0.717, 1.165) is 18.8 Å². The van der Waals surface area contributed by atoms with Crippen molar-refractivity contribution in [3.8, 4) is 0 Å². The zero-order valence-electron chi connectivity index (χ0n) is 10.1. The molecule has 0 saturated heterocycles. The topological polar surface area (TPSA) is 42.9 Å².